The van der Waals surface area contributed by atoms with Crippen molar-refractivity contribution in [2.45, 2.75) is 31.7 Å². The van der Waals surface area contributed by atoms with Crippen LogP contribution in [0.15, 0.2) is 6.20 Å². The van der Waals surface area contributed by atoms with Crippen molar-refractivity contribution in [1.82, 2.24) is 15.2 Å². The number of halogens is 1. The summed E-state index contributed by atoms with van der Waals surface area (Å²) in [5.41, 5.74) is 2.99. The van der Waals surface area contributed by atoms with Crippen LogP contribution in [0.1, 0.15) is 37.4 Å². The van der Waals surface area contributed by atoms with Crippen LogP contribution >= 0.6 is 11.6 Å². The lowest BCUT2D eigenvalue weighted by Gasteiger charge is -2.09. The van der Waals surface area contributed by atoms with Crippen LogP contribution in [0.5, 0.6) is 0 Å². The summed E-state index contributed by atoms with van der Waals surface area (Å²) >= 11 is 6.03. The van der Waals surface area contributed by atoms with Crippen LogP contribution in [0.3, 0.4) is 0 Å². The van der Waals surface area contributed by atoms with E-state index in [0.29, 0.717) is 10.9 Å². The molecule has 6 heteroatoms. The van der Waals surface area contributed by atoms with Crippen molar-refractivity contribution in [3.8, 4) is 0 Å². The van der Waals surface area contributed by atoms with Gasteiger partial charge in [0, 0.05) is 12.1 Å². The number of nitrogens with two attached hydrogens (primary N) is 1. The van der Waals surface area contributed by atoms with Crippen molar-refractivity contribution in [2.75, 3.05) is 0 Å². The third-order valence-corrected chi connectivity index (χ3v) is 2.89. The monoisotopic (exact) mass is 228 g/mol. The Morgan fingerprint density at radius 3 is 3.00 bits per heavy atom. The first-order valence-corrected chi connectivity index (χ1v) is 5.26. The Morgan fingerprint density at radius 2 is 2.47 bits per heavy atom. The molecule has 1 atom stereocenters. The van der Waals surface area contributed by atoms with E-state index in [9.17, 15) is 4.79 Å². The largest absolute Gasteiger partial charge is 0.292 e. The molecule has 1 aromatic heterocycles. The van der Waals surface area contributed by atoms with Gasteiger partial charge in [0.25, 0.3) is 5.91 Å². The van der Waals surface area contributed by atoms with Gasteiger partial charge < -0.3 is 0 Å². The van der Waals surface area contributed by atoms with Gasteiger partial charge in [0.2, 0.25) is 0 Å². The molecule has 0 aromatic carbocycles. The van der Waals surface area contributed by atoms with Crippen molar-refractivity contribution in [2.24, 2.45) is 5.84 Å². The highest BCUT2D eigenvalue weighted by Gasteiger charge is 2.29. The zero-order valence-corrected chi connectivity index (χ0v) is 9.16. The van der Waals surface area contributed by atoms with Crippen LogP contribution in [0, 0.1) is 0 Å². The van der Waals surface area contributed by atoms with Crippen LogP contribution in [-0.2, 0) is 4.79 Å². The van der Waals surface area contributed by atoms with Crippen LogP contribution in [-0.4, -0.2) is 15.7 Å². The van der Waals surface area contributed by atoms with E-state index in [0.717, 1.165) is 18.5 Å². The number of hydrogen-bond acceptors (Lipinski definition) is 3. The number of carbonyl (C=O) groups excluding carboxylic acids is 1. The molecule has 1 amide bonds. The Balaban J connectivity index is 2.21. The van der Waals surface area contributed by atoms with Crippen molar-refractivity contribution >= 4 is 17.5 Å². The van der Waals surface area contributed by atoms with Gasteiger partial charge in [-0.3, -0.25) is 14.9 Å². The second-order valence-corrected chi connectivity index (χ2v) is 4.21. The second-order valence-electron chi connectivity index (χ2n) is 3.80. The third kappa shape index (κ3) is 1.98. The molecule has 1 aliphatic carbocycles. The fraction of sp³-hybridized carbons (Fsp3) is 0.556. The average molecular weight is 229 g/mol. The Morgan fingerprint density at radius 1 is 1.80 bits per heavy atom. The van der Waals surface area contributed by atoms with Gasteiger partial charge in [0.05, 0.1) is 10.7 Å². The number of aromatic nitrogens is 2. The summed E-state index contributed by atoms with van der Waals surface area (Å²) in [6, 6.07) is -0.431. The van der Waals surface area contributed by atoms with E-state index in [1.165, 1.54) is 0 Å². The zero-order valence-electron chi connectivity index (χ0n) is 8.40. The van der Waals surface area contributed by atoms with Crippen molar-refractivity contribution in [3.05, 3.63) is 16.9 Å². The van der Waals surface area contributed by atoms with Crippen LogP contribution in [0.2, 0.25) is 5.02 Å². The van der Waals surface area contributed by atoms with Crippen molar-refractivity contribution in [3.63, 3.8) is 0 Å². The molecule has 1 unspecified atom stereocenters. The minimum absolute atomic E-state index is 0.281. The fourth-order valence-electron chi connectivity index (χ4n) is 1.46. The minimum atomic E-state index is -0.431. The lowest BCUT2D eigenvalue weighted by molar-refractivity contribution is -0.124. The first kappa shape index (κ1) is 10.4. The first-order valence-electron chi connectivity index (χ1n) is 4.88. The summed E-state index contributed by atoms with van der Waals surface area (Å²) < 4.78 is 1.55. The maximum absolute atomic E-state index is 11.3. The molecule has 1 fully saturated rings. The summed E-state index contributed by atoms with van der Waals surface area (Å²) in [5, 5.41) is 4.94. The molecule has 1 aromatic rings. The number of carbonyl (C=O) groups is 1. The molecule has 0 bridgehead atoms. The number of hydrazine groups is 1. The van der Waals surface area contributed by atoms with E-state index >= 15 is 0 Å². The Kier molecular flexibility index (Phi) is 2.67. The quantitative estimate of drug-likeness (QED) is 0.460. The van der Waals surface area contributed by atoms with Crippen molar-refractivity contribution < 1.29 is 4.79 Å². The van der Waals surface area contributed by atoms with Gasteiger partial charge in [0.15, 0.2) is 0 Å². The molecule has 15 heavy (non-hydrogen) atoms. The molecule has 0 spiro atoms. The normalized spacial score (nSPS) is 17.5. The van der Waals surface area contributed by atoms with Gasteiger partial charge in [-0.15, -0.1) is 0 Å². The molecule has 82 valence electrons. The van der Waals surface area contributed by atoms with Gasteiger partial charge in [-0.2, -0.15) is 5.10 Å². The topological polar surface area (TPSA) is 72.9 Å². The van der Waals surface area contributed by atoms with E-state index in [1.54, 1.807) is 17.8 Å². The summed E-state index contributed by atoms with van der Waals surface area (Å²) in [5.74, 6) is 5.25. The molecule has 0 saturated heterocycles. The Hall–Kier alpha value is -1.07. The molecule has 1 saturated carbocycles. The molecule has 1 heterocycles. The van der Waals surface area contributed by atoms with Gasteiger partial charge in [-0.1, -0.05) is 11.6 Å². The molecule has 1 aliphatic rings. The molecule has 0 radical (unpaired) electrons. The molecular weight excluding hydrogens is 216 g/mol. The fourth-order valence-corrected chi connectivity index (χ4v) is 1.75. The summed E-state index contributed by atoms with van der Waals surface area (Å²) in [4.78, 5) is 11.3. The van der Waals surface area contributed by atoms with Crippen LogP contribution < -0.4 is 11.3 Å². The SMILES string of the molecule is CC(C(=O)NN)n1cc(Cl)c(C2CC2)n1. The Bertz CT molecular complexity index is 385. The highest BCUT2D eigenvalue weighted by Crippen LogP contribution is 2.42. The number of amides is 1. The van der Waals surface area contributed by atoms with E-state index < -0.39 is 6.04 Å². The second kappa shape index (κ2) is 3.83. The highest BCUT2D eigenvalue weighted by atomic mass is 35.5. The van der Waals surface area contributed by atoms with E-state index in [-0.39, 0.29) is 5.91 Å². The van der Waals surface area contributed by atoms with E-state index in [1.807, 2.05) is 0 Å². The van der Waals surface area contributed by atoms with Crippen molar-refractivity contribution in [1.29, 1.82) is 0 Å². The smallest absolute Gasteiger partial charge is 0.258 e. The number of rotatable bonds is 3. The van der Waals surface area contributed by atoms with E-state index in [2.05, 4.69) is 10.5 Å². The number of hydrogen-bond donors (Lipinski definition) is 2. The van der Waals surface area contributed by atoms with Crippen LogP contribution in [0.4, 0.5) is 0 Å². The minimum Gasteiger partial charge on any atom is -0.292 e. The zero-order chi connectivity index (χ0) is 11.0. The average Bonchev–Trinajstić information content (AvgIpc) is 3.00. The summed E-state index contributed by atoms with van der Waals surface area (Å²) in [7, 11) is 0. The highest BCUT2D eigenvalue weighted by molar-refractivity contribution is 6.31. The number of nitrogens with zero attached hydrogens (tertiary/aromatic N) is 2. The predicted octanol–water partition coefficient (Wildman–Crippen LogP) is 0.965. The molecule has 3 N–H and O–H groups in total. The summed E-state index contributed by atoms with van der Waals surface area (Å²) in [6.45, 7) is 1.72. The van der Waals surface area contributed by atoms with Gasteiger partial charge in [-0.05, 0) is 19.8 Å². The maximum Gasteiger partial charge on any atom is 0.258 e. The molecule has 0 aliphatic heterocycles. The van der Waals surface area contributed by atoms with E-state index in [4.69, 9.17) is 17.4 Å². The summed E-state index contributed by atoms with van der Waals surface area (Å²) in [6.07, 6.45) is 3.94. The molecule has 5 nitrogen and oxygen atoms in total. The first-order chi connectivity index (χ1) is 7.13. The lowest BCUT2D eigenvalue weighted by atomic mass is 10.3. The van der Waals surface area contributed by atoms with Gasteiger partial charge in [0.1, 0.15) is 6.04 Å². The van der Waals surface area contributed by atoms with Gasteiger partial charge in [-0.25, -0.2) is 5.84 Å². The maximum atomic E-state index is 11.3. The third-order valence-electron chi connectivity index (χ3n) is 2.60. The molecule has 2 rings (SSSR count). The lowest BCUT2D eigenvalue weighted by Crippen LogP contribution is -2.36. The van der Waals surface area contributed by atoms with Gasteiger partial charge >= 0.3 is 0 Å². The number of nitrogens with one attached hydrogen (secondary N) is 1. The standard InChI is InChI=1S/C9H13ClN4O/c1-5(9(15)12-11)14-4-7(10)8(13-14)6-2-3-6/h4-6H,2-3,11H2,1H3,(H,12,15). The molecular formula is C9H13ClN4O. The Labute approximate surface area is 92.5 Å². The predicted molar refractivity (Wildman–Crippen MR) is 56.3 cm³/mol. The van der Waals surface area contributed by atoms with Crippen LogP contribution in [0.25, 0.3) is 0 Å².